The highest BCUT2D eigenvalue weighted by molar-refractivity contribution is 6.02. The largest absolute Gasteiger partial charge is 0.452 e. The maximum absolute atomic E-state index is 13.8. The number of nitro benzene ring substituents is 1. The minimum absolute atomic E-state index is 0.0270. The van der Waals surface area contributed by atoms with Crippen molar-refractivity contribution in [3.05, 3.63) is 100 Å². The van der Waals surface area contributed by atoms with E-state index in [2.05, 4.69) is 5.32 Å². The highest BCUT2D eigenvalue weighted by atomic mass is 19.1. The van der Waals surface area contributed by atoms with E-state index >= 15 is 0 Å². The number of carbonyl (C=O) groups is 1. The molecule has 0 aliphatic rings. The van der Waals surface area contributed by atoms with Crippen molar-refractivity contribution in [2.45, 2.75) is 0 Å². The Morgan fingerprint density at radius 2 is 1.61 bits per heavy atom. The van der Waals surface area contributed by atoms with Crippen molar-refractivity contribution in [2.24, 2.45) is 0 Å². The molecule has 0 aliphatic carbocycles. The Balaban J connectivity index is 1.70. The zero-order chi connectivity index (χ0) is 19.9. The van der Waals surface area contributed by atoms with E-state index in [4.69, 9.17) is 4.74 Å². The molecule has 0 heterocycles. The van der Waals surface area contributed by atoms with Gasteiger partial charge in [-0.05, 0) is 48.0 Å². The van der Waals surface area contributed by atoms with E-state index in [1.54, 1.807) is 36.4 Å². The second kappa shape index (κ2) is 8.59. The molecule has 3 aromatic carbocycles. The predicted molar refractivity (Wildman–Crippen MR) is 104 cm³/mol. The number of ether oxygens (including phenoxy) is 1. The second-order valence-electron chi connectivity index (χ2n) is 5.70. The van der Waals surface area contributed by atoms with Gasteiger partial charge in [-0.1, -0.05) is 24.3 Å². The van der Waals surface area contributed by atoms with E-state index in [1.165, 1.54) is 48.6 Å². The Hall–Kier alpha value is -4.00. The van der Waals surface area contributed by atoms with Gasteiger partial charge < -0.3 is 10.1 Å². The zero-order valence-corrected chi connectivity index (χ0v) is 14.5. The number of benzene rings is 3. The Morgan fingerprint density at radius 1 is 0.964 bits per heavy atom. The van der Waals surface area contributed by atoms with Gasteiger partial charge in [0, 0.05) is 18.2 Å². The molecule has 0 spiro atoms. The lowest BCUT2D eigenvalue weighted by molar-refractivity contribution is -0.384. The first-order valence-electron chi connectivity index (χ1n) is 8.28. The van der Waals surface area contributed by atoms with Crippen molar-refractivity contribution in [3.63, 3.8) is 0 Å². The highest BCUT2D eigenvalue weighted by Gasteiger charge is 2.09. The van der Waals surface area contributed by atoms with Gasteiger partial charge in [-0.25, -0.2) is 4.39 Å². The van der Waals surface area contributed by atoms with Crippen LogP contribution in [0.1, 0.15) is 5.56 Å². The molecule has 0 fully saturated rings. The molecule has 0 saturated heterocycles. The summed E-state index contributed by atoms with van der Waals surface area (Å²) in [5, 5.41) is 13.3. The molecule has 0 saturated carbocycles. The number of halogens is 1. The topological polar surface area (TPSA) is 81.5 Å². The van der Waals surface area contributed by atoms with Gasteiger partial charge in [-0.2, -0.15) is 0 Å². The van der Waals surface area contributed by atoms with Crippen LogP contribution in [0.3, 0.4) is 0 Å². The fourth-order valence-corrected chi connectivity index (χ4v) is 2.36. The lowest BCUT2D eigenvalue weighted by Gasteiger charge is -2.11. The number of nitro groups is 1. The predicted octanol–water partition coefficient (Wildman–Crippen LogP) is 5.18. The first kappa shape index (κ1) is 18.8. The summed E-state index contributed by atoms with van der Waals surface area (Å²) in [7, 11) is 0. The first-order valence-corrected chi connectivity index (χ1v) is 8.28. The molecule has 3 rings (SSSR count). The first-order chi connectivity index (χ1) is 13.5. The maximum atomic E-state index is 13.8. The summed E-state index contributed by atoms with van der Waals surface area (Å²) in [6.07, 6.45) is 2.82. The molecule has 1 amide bonds. The van der Waals surface area contributed by atoms with Crippen molar-refractivity contribution < 1.29 is 18.8 Å². The molecule has 28 heavy (non-hydrogen) atoms. The molecule has 0 aliphatic heterocycles. The monoisotopic (exact) mass is 378 g/mol. The number of anilines is 1. The number of hydrogen-bond donors (Lipinski definition) is 1. The van der Waals surface area contributed by atoms with Crippen LogP contribution in [0.15, 0.2) is 78.9 Å². The SMILES string of the molecule is O=C(/C=C/c1ccc([N+](=O)[O-])cc1)Nc1ccccc1Oc1ccccc1F. The van der Waals surface area contributed by atoms with E-state index < -0.39 is 16.6 Å². The Kier molecular flexibility index (Phi) is 5.76. The van der Waals surface area contributed by atoms with E-state index in [1.807, 2.05) is 0 Å². The van der Waals surface area contributed by atoms with Gasteiger partial charge in [0.25, 0.3) is 5.69 Å². The van der Waals surface area contributed by atoms with E-state index in [0.717, 1.165) is 0 Å². The summed E-state index contributed by atoms with van der Waals surface area (Å²) < 4.78 is 19.4. The van der Waals surface area contributed by atoms with Gasteiger partial charge in [0.1, 0.15) is 0 Å². The standard InChI is InChI=1S/C21H15FN2O4/c22-17-5-1-3-7-19(17)28-20-8-4-2-6-18(20)23-21(25)14-11-15-9-12-16(13-10-15)24(26)27/h1-14H,(H,23,25)/b14-11+. The Bertz CT molecular complexity index is 1030. The van der Waals surface area contributed by atoms with Gasteiger partial charge in [0.15, 0.2) is 17.3 Å². The Labute approximate surface area is 160 Å². The van der Waals surface area contributed by atoms with Gasteiger partial charge in [0.2, 0.25) is 5.91 Å². The van der Waals surface area contributed by atoms with Crippen molar-refractivity contribution in [1.82, 2.24) is 0 Å². The van der Waals surface area contributed by atoms with E-state index in [-0.39, 0.29) is 11.4 Å². The van der Waals surface area contributed by atoms with Crippen LogP contribution in [0.2, 0.25) is 0 Å². The summed E-state index contributed by atoms with van der Waals surface area (Å²) in [6, 6.07) is 18.4. The minimum atomic E-state index is -0.512. The number of para-hydroxylation sites is 3. The lowest BCUT2D eigenvalue weighted by Crippen LogP contribution is -2.08. The molecule has 7 heteroatoms. The molecule has 0 aromatic heterocycles. The fraction of sp³-hybridized carbons (Fsp3) is 0. The molecular formula is C21H15FN2O4. The minimum Gasteiger partial charge on any atom is -0.452 e. The van der Waals surface area contributed by atoms with E-state index in [9.17, 15) is 19.3 Å². The van der Waals surface area contributed by atoms with Crippen molar-refractivity contribution >= 4 is 23.4 Å². The van der Waals surface area contributed by atoms with Crippen LogP contribution in [-0.4, -0.2) is 10.8 Å². The maximum Gasteiger partial charge on any atom is 0.269 e. The van der Waals surface area contributed by atoms with Crippen LogP contribution >= 0.6 is 0 Å². The lowest BCUT2D eigenvalue weighted by atomic mass is 10.2. The molecule has 0 atom stereocenters. The zero-order valence-electron chi connectivity index (χ0n) is 14.5. The van der Waals surface area contributed by atoms with Gasteiger partial charge in [-0.3, -0.25) is 14.9 Å². The number of non-ortho nitro benzene ring substituents is 1. The van der Waals surface area contributed by atoms with Crippen molar-refractivity contribution in [2.75, 3.05) is 5.32 Å². The molecule has 6 nitrogen and oxygen atoms in total. The third kappa shape index (κ3) is 4.79. The average molecular weight is 378 g/mol. The fourth-order valence-electron chi connectivity index (χ4n) is 2.36. The molecule has 140 valence electrons. The number of amides is 1. The van der Waals surface area contributed by atoms with Crippen molar-refractivity contribution in [1.29, 1.82) is 0 Å². The number of hydrogen-bond acceptors (Lipinski definition) is 4. The summed E-state index contributed by atoms with van der Waals surface area (Å²) >= 11 is 0. The molecule has 0 bridgehead atoms. The number of carbonyl (C=O) groups excluding carboxylic acids is 1. The molecule has 3 aromatic rings. The molecule has 1 N–H and O–H groups in total. The molecule has 0 unspecified atom stereocenters. The van der Waals surface area contributed by atoms with Gasteiger partial charge in [-0.15, -0.1) is 0 Å². The second-order valence-corrected chi connectivity index (χ2v) is 5.70. The Morgan fingerprint density at radius 3 is 2.29 bits per heavy atom. The number of nitrogens with zero attached hydrogens (tertiary/aromatic N) is 1. The smallest absolute Gasteiger partial charge is 0.269 e. The van der Waals surface area contributed by atoms with Crippen LogP contribution in [0.4, 0.5) is 15.8 Å². The molecular weight excluding hydrogens is 363 g/mol. The number of nitrogens with one attached hydrogen (secondary N) is 1. The highest BCUT2D eigenvalue weighted by Crippen LogP contribution is 2.30. The third-order valence-electron chi connectivity index (χ3n) is 3.73. The van der Waals surface area contributed by atoms with Crippen LogP contribution in [0.25, 0.3) is 6.08 Å². The van der Waals surface area contributed by atoms with Crippen LogP contribution in [0, 0.1) is 15.9 Å². The molecule has 0 radical (unpaired) electrons. The van der Waals surface area contributed by atoms with Crippen LogP contribution < -0.4 is 10.1 Å². The summed E-state index contributed by atoms with van der Waals surface area (Å²) in [4.78, 5) is 22.4. The summed E-state index contributed by atoms with van der Waals surface area (Å²) in [5.74, 6) is -0.597. The van der Waals surface area contributed by atoms with Crippen molar-refractivity contribution in [3.8, 4) is 11.5 Å². The summed E-state index contributed by atoms with van der Waals surface area (Å²) in [6.45, 7) is 0. The third-order valence-corrected chi connectivity index (χ3v) is 3.73. The normalized spacial score (nSPS) is 10.6. The number of rotatable bonds is 6. The quantitative estimate of drug-likeness (QED) is 0.364. The van der Waals surface area contributed by atoms with Crippen LogP contribution in [-0.2, 0) is 4.79 Å². The summed E-state index contributed by atoms with van der Waals surface area (Å²) in [5.41, 5.74) is 0.988. The average Bonchev–Trinajstić information content (AvgIpc) is 2.70. The van der Waals surface area contributed by atoms with Crippen LogP contribution in [0.5, 0.6) is 11.5 Å². The van der Waals surface area contributed by atoms with Gasteiger partial charge in [0.05, 0.1) is 10.6 Å². The van der Waals surface area contributed by atoms with Gasteiger partial charge >= 0.3 is 0 Å². The van der Waals surface area contributed by atoms with E-state index in [0.29, 0.717) is 17.0 Å².